The van der Waals surface area contributed by atoms with Crippen LogP contribution in [0.1, 0.15) is 12.6 Å². The third-order valence-corrected chi connectivity index (χ3v) is 7.91. The van der Waals surface area contributed by atoms with E-state index >= 15 is 0 Å². The monoisotopic (exact) mass is 478 g/mol. The summed E-state index contributed by atoms with van der Waals surface area (Å²) in [6.45, 7) is 9.28. The molecule has 9 nitrogen and oxygen atoms in total. The molecule has 0 spiro atoms. The first kappa shape index (κ1) is 23.7. The van der Waals surface area contributed by atoms with Gasteiger partial charge in [-0.2, -0.15) is 9.29 Å². The van der Waals surface area contributed by atoms with Crippen LogP contribution in [-0.4, -0.2) is 93.6 Å². The van der Waals surface area contributed by atoms with E-state index in [-0.39, 0.29) is 23.7 Å². The van der Waals surface area contributed by atoms with E-state index < -0.39 is 15.8 Å². The zero-order valence-corrected chi connectivity index (χ0v) is 20.2. The number of rotatable bonds is 6. The topological polar surface area (TPSA) is 82.1 Å². The molecule has 33 heavy (non-hydrogen) atoms. The van der Waals surface area contributed by atoms with E-state index in [2.05, 4.69) is 21.8 Å². The molecule has 0 atom stereocenters. The van der Waals surface area contributed by atoms with Gasteiger partial charge in [0.05, 0.1) is 11.5 Å². The van der Waals surface area contributed by atoms with Gasteiger partial charge >= 0.3 is 0 Å². The number of benzene rings is 1. The first-order valence-corrected chi connectivity index (χ1v) is 12.7. The van der Waals surface area contributed by atoms with Gasteiger partial charge in [0, 0.05) is 64.1 Å². The Hall–Kier alpha value is -2.50. The standard InChI is InChI=1S/C22H31FN6O3S/c1-4-32-20-6-5-18(16-19(20)23)33(30,31)29-13-11-28(12-14-29)22-24-17(2)15-21(25-22)27-9-7-26(3)8-10-27/h5-6,15-16H,4,7-14H2,1-3H3. The normalized spacial score (nSPS) is 18.5. The van der Waals surface area contributed by atoms with Crippen molar-refractivity contribution in [2.45, 2.75) is 18.7 Å². The fraction of sp³-hybridized carbons (Fsp3) is 0.545. The molecule has 0 unspecified atom stereocenters. The quantitative estimate of drug-likeness (QED) is 0.619. The van der Waals surface area contributed by atoms with Crippen molar-refractivity contribution in [1.29, 1.82) is 0 Å². The zero-order chi connectivity index (χ0) is 23.6. The molecular formula is C22H31FN6O3S. The molecule has 2 fully saturated rings. The molecule has 0 radical (unpaired) electrons. The van der Waals surface area contributed by atoms with Crippen LogP contribution in [0.3, 0.4) is 0 Å². The van der Waals surface area contributed by atoms with Gasteiger partial charge in [0.2, 0.25) is 16.0 Å². The van der Waals surface area contributed by atoms with Gasteiger partial charge in [-0.15, -0.1) is 0 Å². The highest BCUT2D eigenvalue weighted by atomic mass is 32.2. The summed E-state index contributed by atoms with van der Waals surface area (Å²) in [4.78, 5) is 15.9. The zero-order valence-electron chi connectivity index (χ0n) is 19.4. The largest absolute Gasteiger partial charge is 0.491 e. The van der Waals surface area contributed by atoms with Gasteiger partial charge in [-0.25, -0.2) is 17.8 Å². The maximum Gasteiger partial charge on any atom is 0.243 e. The maximum absolute atomic E-state index is 14.2. The number of hydrogen-bond acceptors (Lipinski definition) is 8. The van der Waals surface area contributed by atoms with E-state index in [9.17, 15) is 12.8 Å². The van der Waals surface area contributed by atoms with Crippen molar-refractivity contribution in [3.05, 3.63) is 35.8 Å². The molecule has 1 aromatic heterocycles. The van der Waals surface area contributed by atoms with Crippen LogP contribution in [0.5, 0.6) is 5.75 Å². The highest BCUT2D eigenvalue weighted by Gasteiger charge is 2.30. The molecule has 0 bridgehead atoms. The number of ether oxygens (including phenoxy) is 1. The average Bonchev–Trinajstić information content (AvgIpc) is 2.80. The number of aromatic nitrogens is 2. The summed E-state index contributed by atoms with van der Waals surface area (Å²) in [6.07, 6.45) is 0. The summed E-state index contributed by atoms with van der Waals surface area (Å²) in [5, 5.41) is 0. The Morgan fingerprint density at radius 1 is 0.970 bits per heavy atom. The highest BCUT2D eigenvalue weighted by Crippen LogP contribution is 2.25. The fourth-order valence-electron chi connectivity index (χ4n) is 4.07. The van der Waals surface area contributed by atoms with E-state index in [0.29, 0.717) is 25.6 Å². The third-order valence-electron chi connectivity index (χ3n) is 6.02. The Bertz CT molecular complexity index is 1080. The summed E-state index contributed by atoms with van der Waals surface area (Å²) < 4.78 is 46.9. The van der Waals surface area contributed by atoms with E-state index in [4.69, 9.17) is 9.72 Å². The van der Waals surface area contributed by atoms with Crippen molar-refractivity contribution < 1.29 is 17.5 Å². The van der Waals surface area contributed by atoms with E-state index in [1.807, 2.05) is 17.9 Å². The number of likely N-dealkylation sites (N-methyl/N-ethyl adjacent to an activating group) is 1. The Balaban J connectivity index is 1.45. The molecule has 2 aromatic rings. The average molecular weight is 479 g/mol. The van der Waals surface area contributed by atoms with Gasteiger partial charge in [-0.3, -0.25) is 0 Å². The molecule has 2 aliphatic heterocycles. The van der Waals surface area contributed by atoms with Gasteiger partial charge in [0.15, 0.2) is 11.6 Å². The molecule has 3 heterocycles. The third kappa shape index (κ3) is 5.20. The summed E-state index contributed by atoms with van der Waals surface area (Å²) >= 11 is 0. The van der Waals surface area contributed by atoms with Crippen molar-refractivity contribution in [1.82, 2.24) is 19.2 Å². The molecule has 4 rings (SSSR count). The van der Waals surface area contributed by atoms with Crippen LogP contribution in [0, 0.1) is 12.7 Å². The van der Waals surface area contributed by atoms with Crippen LogP contribution < -0.4 is 14.5 Å². The molecule has 11 heteroatoms. The maximum atomic E-state index is 14.2. The molecule has 2 saturated heterocycles. The van der Waals surface area contributed by atoms with Crippen LogP contribution in [0.4, 0.5) is 16.2 Å². The smallest absolute Gasteiger partial charge is 0.243 e. The van der Waals surface area contributed by atoms with Crippen molar-refractivity contribution in [2.24, 2.45) is 0 Å². The molecule has 180 valence electrons. The van der Waals surface area contributed by atoms with Gasteiger partial charge in [-0.05, 0) is 39.1 Å². The summed E-state index contributed by atoms with van der Waals surface area (Å²) in [6, 6.07) is 5.78. The van der Waals surface area contributed by atoms with Gasteiger partial charge < -0.3 is 19.4 Å². The lowest BCUT2D eigenvalue weighted by Gasteiger charge is -2.36. The predicted octanol–water partition coefficient (Wildman–Crippen LogP) is 1.59. The number of sulfonamides is 1. The second-order valence-corrected chi connectivity index (χ2v) is 10.3. The lowest BCUT2D eigenvalue weighted by atomic mass is 10.3. The predicted molar refractivity (Wildman–Crippen MR) is 125 cm³/mol. The number of hydrogen-bond donors (Lipinski definition) is 0. The minimum absolute atomic E-state index is 0.0500. The molecule has 0 saturated carbocycles. The lowest BCUT2D eigenvalue weighted by Crippen LogP contribution is -2.49. The molecule has 2 aliphatic rings. The summed E-state index contributed by atoms with van der Waals surface area (Å²) in [5.41, 5.74) is 0.883. The first-order chi connectivity index (χ1) is 15.8. The number of halogens is 1. The van der Waals surface area contributed by atoms with Crippen LogP contribution in [0.2, 0.25) is 0 Å². The number of anilines is 2. The molecule has 0 amide bonds. The summed E-state index contributed by atoms with van der Waals surface area (Å²) in [7, 11) is -1.69. The fourth-order valence-corrected chi connectivity index (χ4v) is 5.50. The van der Waals surface area contributed by atoms with E-state index in [1.54, 1.807) is 6.92 Å². The lowest BCUT2D eigenvalue weighted by molar-refractivity contribution is 0.312. The second kappa shape index (κ2) is 9.78. The SMILES string of the molecule is CCOc1ccc(S(=O)(=O)N2CCN(c3nc(C)cc(N4CCN(C)CC4)n3)CC2)cc1F. The molecule has 1 aromatic carbocycles. The number of aryl methyl sites for hydroxylation is 1. The molecule has 0 aliphatic carbocycles. The Morgan fingerprint density at radius 2 is 1.64 bits per heavy atom. The van der Waals surface area contributed by atoms with Gasteiger partial charge in [0.1, 0.15) is 5.82 Å². The van der Waals surface area contributed by atoms with Crippen LogP contribution in [0.25, 0.3) is 0 Å². The minimum Gasteiger partial charge on any atom is -0.491 e. The number of piperazine rings is 2. The van der Waals surface area contributed by atoms with Crippen molar-refractivity contribution in [3.8, 4) is 5.75 Å². The van der Waals surface area contributed by atoms with E-state index in [1.165, 1.54) is 16.4 Å². The van der Waals surface area contributed by atoms with Crippen LogP contribution >= 0.6 is 0 Å². The molecule has 0 N–H and O–H groups in total. The van der Waals surface area contributed by atoms with E-state index in [0.717, 1.165) is 43.8 Å². The van der Waals surface area contributed by atoms with Crippen LogP contribution in [-0.2, 0) is 10.0 Å². The number of nitrogens with zero attached hydrogens (tertiary/aromatic N) is 6. The first-order valence-electron chi connectivity index (χ1n) is 11.2. The van der Waals surface area contributed by atoms with Gasteiger partial charge in [0.25, 0.3) is 0 Å². The Kier molecular flexibility index (Phi) is 7.01. The van der Waals surface area contributed by atoms with Crippen molar-refractivity contribution in [2.75, 3.05) is 75.8 Å². The Labute approximate surface area is 194 Å². The van der Waals surface area contributed by atoms with Crippen molar-refractivity contribution >= 4 is 21.8 Å². The molecular weight excluding hydrogens is 447 g/mol. The van der Waals surface area contributed by atoms with Crippen LogP contribution in [0.15, 0.2) is 29.2 Å². The van der Waals surface area contributed by atoms with Crippen molar-refractivity contribution in [3.63, 3.8) is 0 Å². The second-order valence-electron chi connectivity index (χ2n) is 8.37. The summed E-state index contributed by atoms with van der Waals surface area (Å²) in [5.74, 6) is 0.897. The Morgan fingerprint density at radius 3 is 2.27 bits per heavy atom. The highest BCUT2D eigenvalue weighted by molar-refractivity contribution is 7.89. The van der Waals surface area contributed by atoms with Gasteiger partial charge in [-0.1, -0.05) is 0 Å². The minimum atomic E-state index is -3.80.